The SMILES string of the molecule is Cc1ccc(S(=O)(=O)N2CCOC(CCc3ccncn3)C2)cc1. The molecule has 1 unspecified atom stereocenters. The zero-order valence-electron chi connectivity index (χ0n) is 13.6. The van der Waals surface area contributed by atoms with E-state index in [2.05, 4.69) is 9.97 Å². The highest BCUT2D eigenvalue weighted by Crippen LogP contribution is 2.20. The summed E-state index contributed by atoms with van der Waals surface area (Å²) in [6.07, 6.45) is 4.58. The standard InChI is InChI=1S/C17H21N3O3S/c1-14-2-6-17(7-3-14)24(21,22)20-10-11-23-16(12-20)5-4-15-8-9-18-13-19-15/h2-3,6-9,13,16H,4-5,10-12H2,1H3. The second-order valence-electron chi connectivity index (χ2n) is 5.91. The molecular formula is C17H21N3O3S. The summed E-state index contributed by atoms with van der Waals surface area (Å²) in [7, 11) is -3.47. The normalized spacial score (nSPS) is 19.3. The van der Waals surface area contributed by atoms with Gasteiger partial charge in [0.25, 0.3) is 0 Å². The first-order chi connectivity index (χ1) is 11.6. The molecule has 0 spiro atoms. The number of sulfonamides is 1. The van der Waals surface area contributed by atoms with Crippen LogP contribution in [0.5, 0.6) is 0 Å². The maximum Gasteiger partial charge on any atom is 0.243 e. The highest BCUT2D eigenvalue weighted by atomic mass is 32.2. The maximum absolute atomic E-state index is 12.8. The van der Waals surface area contributed by atoms with Crippen LogP contribution in [-0.2, 0) is 21.2 Å². The monoisotopic (exact) mass is 347 g/mol. The van der Waals surface area contributed by atoms with Crippen molar-refractivity contribution in [3.05, 3.63) is 54.1 Å². The molecule has 0 aliphatic carbocycles. The van der Waals surface area contributed by atoms with Crippen LogP contribution in [0.2, 0.25) is 0 Å². The van der Waals surface area contributed by atoms with Crippen LogP contribution in [0.25, 0.3) is 0 Å². The van der Waals surface area contributed by atoms with Gasteiger partial charge in [0.05, 0.1) is 17.6 Å². The van der Waals surface area contributed by atoms with Crippen LogP contribution < -0.4 is 0 Å². The first kappa shape index (κ1) is 17.0. The summed E-state index contributed by atoms with van der Waals surface area (Å²) in [6.45, 7) is 3.12. The lowest BCUT2D eigenvalue weighted by atomic mass is 10.1. The number of hydrogen-bond donors (Lipinski definition) is 0. The van der Waals surface area contributed by atoms with Crippen molar-refractivity contribution in [1.29, 1.82) is 0 Å². The Kier molecular flexibility index (Phi) is 5.23. The summed E-state index contributed by atoms with van der Waals surface area (Å²) in [4.78, 5) is 8.42. The summed E-state index contributed by atoms with van der Waals surface area (Å²) < 4.78 is 32.8. The molecule has 2 heterocycles. The lowest BCUT2D eigenvalue weighted by molar-refractivity contribution is -0.00538. The first-order valence-corrected chi connectivity index (χ1v) is 9.43. The van der Waals surface area contributed by atoms with Crippen molar-refractivity contribution < 1.29 is 13.2 Å². The molecule has 6 nitrogen and oxygen atoms in total. The van der Waals surface area contributed by atoms with E-state index in [0.717, 1.165) is 24.1 Å². The third-order valence-electron chi connectivity index (χ3n) is 4.13. The molecule has 0 bridgehead atoms. The Bertz CT molecular complexity index is 763. The Hall–Kier alpha value is -1.83. The van der Waals surface area contributed by atoms with Gasteiger partial charge in [-0.15, -0.1) is 0 Å². The summed E-state index contributed by atoms with van der Waals surface area (Å²) in [5.74, 6) is 0. The molecule has 1 aromatic carbocycles. The average Bonchev–Trinajstić information content (AvgIpc) is 2.61. The van der Waals surface area contributed by atoms with E-state index in [0.29, 0.717) is 24.6 Å². The van der Waals surface area contributed by atoms with Crippen molar-refractivity contribution in [3.8, 4) is 0 Å². The van der Waals surface area contributed by atoms with Crippen LogP contribution in [0.15, 0.2) is 47.8 Å². The molecule has 128 valence electrons. The maximum atomic E-state index is 12.8. The van der Waals surface area contributed by atoms with Gasteiger partial charge in [-0.1, -0.05) is 17.7 Å². The van der Waals surface area contributed by atoms with Crippen LogP contribution in [0.3, 0.4) is 0 Å². The van der Waals surface area contributed by atoms with E-state index in [4.69, 9.17) is 4.74 Å². The fourth-order valence-electron chi connectivity index (χ4n) is 2.72. The van der Waals surface area contributed by atoms with Gasteiger partial charge in [0, 0.05) is 25.0 Å². The molecule has 0 amide bonds. The molecule has 0 saturated carbocycles. The second kappa shape index (κ2) is 7.38. The number of hydrogen-bond acceptors (Lipinski definition) is 5. The van der Waals surface area contributed by atoms with Crippen molar-refractivity contribution in [2.24, 2.45) is 0 Å². The first-order valence-electron chi connectivity index (χ1n) is 7.99. The van der Waals surface area contributed by atoms with E-state index in [1.165, 1.54) is 10.6 Å². The molecule has 1 fully saturated rings. The van der Waals surface area contributed by atoms with Crippen molar-refractivity contribution >= 4 is 10.0 Å². The van der Waals surface area contributed by atoms with Gasteiger partial charge in [-0.3, -0.25) is 0 Å². The van der Waals surface area contributed by atoms with Crippen LogP contribution in [-0.4, -0.2) is 48.5 Å². The van der Waals surface area contributed by atoms with E-state index in [1.54, 1.807) is 18.3 Å². The Balaban J connectivity index is 1.65. The highest BCUT2D eigenvalue weighted by molar-refractivity contribution is 7.89. The van der Waals surface area contributed by atoms with Crippen LogP contribution in [0.1, 0.15) is 17.7 Å². The van der Waals surface area contributed by atoms with Gasteiger partial charge in [-0.2, -0.15) is 4.31 Å². The topological polar surface area (TPSA) is 72.4 Å². The number of morpholine rings is 1. The average molecular weight is 347 g/mol. The lowest BCUT2D eigenvalue weighted by Gasteiger charge is -2.32. The Morgan fingerprint density at radius 3 is 2.75 bits per heavy atom. The summed E-state index contributed by atoms with van der Waals surface area (Å²) >= 11 is 0. The minimum Gasteiger partial charge on any atom is -0.375 e. The molecule has 24 heavy (non-hydrogen) atoms. The lowest BCUT2D eigenvalue weighted by Crippen LogP contribution is -2.45. The summed E-state index contributed by atoms with van der Waals surface area (Å²) in [5, 5.41) is 0. The number of rotatable bonds is 5. The Morgan fingerprint density at radius 1 is 1.25 bits per heavy atom. The van der Waals surface area contributed by atoms with E-state index in [-0.39, 0.29) is 6.10 Å². The van der Waals surface area contributed by atoms with Crippen molar-refractivity contribution in [1.82, 2.24) is 14.3 Å². The highest BCUT2D eigenvalue weighted by Gasteiger charge is 2.30. The predicted octanol–water partition coefficient (Wildman–Crippen LogP) is 1.81. The quantitative estimate of drug-likeness (QED) is 0.825. The van der Waals surface area contributed by atoms with Crippen LogP contribution in [0.4, 0.5) is 0 Å². The fourth-order valence-corrected chi connectivity index (χ4v) is 4.17. The largest absolute Gasteiger partial charge is 0.375 e. The Morgan fingerprint density at radius 2 is 2.04 bits per heavy atom. The number of nitrogens with zero attached hydrogens (tertiary/aromatic N) is 3. The molecule has 7 heteroatoms. The number of benzene rings is 1. The molecule has 1 aliphatic heterocycles. The summed E-state index contributed by atoms with van der Waals surface area (Å²) in [6, 6.07) is 8.83. The minimum atomic E-state index is -3.47. The second-order valence-corrected chi connectivity index (χ2v) is 7.85. The molecule has 1 aromatic heterocycles. The van der Waals surface area contributed by atoms with E-state index in [9.17, 15) is 8.42 Å². The smallest absolute Gasteiger partial charge is 0.243 e. The van der Waals surface area contributed by atoms with E-state index >= 15 is 0 Å². The van der Waals surface area contributed by atoms with Gasteiger partial charge in [-0.25, -0.2) is 18.4 Å². The third kappa shape index (κ3) is 3.98. The van der Waals surface area contributed by atoms with Crippen molar-refractivity contribution in [3.63, 3.8) is 0 Å². The van der Waals surface area contributed by atoms with E-state index in [1.807, 2.05) is 25.1 Å². The third-order valence-corrected chi connectivity index (χ3v) is 6.01. The molecule has 0 N–H and O–H groups in total. The van der Waals surface area contributed by atoms with Gasteiger partial charge in [0.15, 0.2) is 0 Å². The molecule has 3 rings (SSSR count). The van der Waals surface area contributed by atoms with Gasteiger partial charge in [0.2, 0.25) is 10.0 Å². The van der Waals surface area contributed by atoms with E-state index < -0.39 is 10.0 Å². The van der Waals surface area contributed by atoms with Crippen LogP contribution in [0, 0.1) is 6.92 Å². The van der Waals surface area contributed by atoms with Gasteiger partial charge in [-0.05, 0) is 38.0 Å². The zero-order valence-corrected chi connectivity index (χ0v) is 14.4. The molecule has 1 saturated heterocycles. The zero-order chi connectivity index (χ0) is 17.0. The summed E-state index contributed by atoms with van der Waals surface area (Å²) in [5.41, 5.74) is 1.98. The van der Waals surface area contributed by atoms with Crippen LogP contribution >= 0.6 is 0 Å². The molecule has 0 radical (unpaired) electrons. The fraction of sp³-hybridized carbons (Fsp3) is 0.412. The van der Waals surface area contributed by atoms with Gasteiger partial charge in [0.1, 0.15) is 6.33 Å². The molecule has 2 aromatic rings. The molecule has 1 atom stereocenters. The minimum absolute atomic E-state index is 0.117. The number of aromatic nitrogens is 2. The van der Waals surface area contributed by atoms with Crippen molar-refractivity contribution in [2.45, 2.75) is 30.8 Å². The predicted molar refractivity (Wildman–Crippen MR) is 90.0 cm³/mol. The van der Waals surface area contributed by atoms with Gasteiger partial charge >= 0.3 is 0 Å². The van der Waals surface area contributed by atoms with Crippen molar-refractivity contribution in [2.75, 3.05) is 19.7 Å². The number of aryl methyl sites for hydroxylation is 2. The number of ether oxygens (including phenoxy) is 1. The van der Waals surface area contributed by atoms with Gasteiger partial charge < -0.3 is 4.74 Å². The molecular weight excluding hydrogens is 326 g/mol. The Labute approximate surface area is 142 Å². The molecule has 1 aliphatic rings.